The number of nitrogens with zero attached hydrogens (tertiary/aromatic N) is 2. The first kappa shape index (κ1) is 15.2. The lowest BCUT2D eigenvalue weighted by Gasteiger charge is -2.42. The van der Waals surface area contributed by atoms with Crippen LogP contribution in [-0.4, -0.2) is 60.6 Å². The van der Waals surface area contributed by atoms with E-state index in [0.29, 0.717) is 18.7 Å². The Kier molecular flexibility index (Phi) is 5.35. The minimum atomic E-state index is -0.268. The highest BCUT2D eigenvalue weighted by Crippen LogP contribution is 2.16. The third-order valence-corrected chi connectivity index (χ3v) is 3.30. The van der Waals surface area contributed by atoms with Crippen molar-refractivity contribution in [2.75, 3.05) is 39.3 Å². The molecular weight excluding hydrogens is 228 g/mol. The number of hydrogen-bond donors (Lipinski definition) is 0. The number of hydrogen-bond acceptors (Lipinski definition) is 4. The lowest BCUT2D eigenvalue weighted by Crippen LogP contribution is -2.53. The SMILES string of the molecule is C=C(CN1CCN(C(C)(C)C)CC1)C(=O)OCC. The Morgan fingerprint density at radius 3 is 2.22 bits per heavy atom. The Morgan fingerprint density at radius 1 is 1.22 bits per heavy atom. The maximum atomic E-state index is 11.5. The molecule has 1 aliphatic heterocycles. The smallest absolute Gasteiger partial charge is 0.334 e. The maximum absolute atomic E-state index is 11.5. The van der Waals surface area contributed by atoms with Gasteiger partial charge in [-0.05, 0) is 27.7 Å². The third-order valence-electron chi connectivity index (χ3n) is 3.30. The molecule has 0 unspecified atom stereocenters. The summed E-state index contributed by atoms with van der Waals surface area (Å²) >= 11 is 0. The van der Waals surface area contributed by atoms with Crippen LogP contribution in [-0.2, 0) is 9.53 Å². The fourth-order valence-electron chi connectivity index (χ4n) is 2.14. The van der Waals surface area contributed by atoms with Gasteiger partial charge in [-0.3, -0.25) is 9.80 Å². The van der Waals surface area contributed by atoms with Crippen LogP contribution in [0.5, 0.6) is 0 Å². The van der Waals surface area contributed by atoms with Gasteiger partial charge in [0.15, 0.2) is 0 Å². The van der Waals surface area contributed by atoms with Crippen molar-refractivity contribution in [1.82, 2.24) is 9.80 Å². The van der Waals surface area contributed by atoms with Crippen molar-refractivity contribution in [3.8, 4) is 0 Å². The fourth-order valence-corrected chi connectivity index (χ4v) is 2.14. The summed E-state index contributed by atoms with van der Waals surface area (Å²) in [5.41, 5.74) is 0.783. The predicted octanol–water partition coefficient (Wildman–Crippen LogP) is 1.52. The van der Waals surface area contributed by atoms with Crippen LogP contribution in [0.15, 0.2) is 12.2 Å². The molecule has 0 radical (unpaired) electrons. The minimum absolute atomic E-state index is 0.226. The molecule has 4 nitrogen and oxygen atoms in total. The first-order valence-electron chi connectivity index (χ1n) is 6.67. The molecule has 0 aromatic carbocycles. The minimum Gasteiger partial charge on any atom is -0.463 e. The van der Waals surface area contributed by atoms with Gasteiger partial charge in [0.1, 0.15) is 0 Å². The molecule has 18 heavy (non-hydrogen) atoms. The fraction of sp³-hybridized carbons (Fsp3) is 0.786. The van der Waals surface area contributed by atoms with Crippen molar-refractivity contribution >= 4 is 5.97 Å². The van der Waals surface area contributed by atoms with Crippen LogP contribution >= 0.6 is 0 Å². The largest absolute Gasteiger partial charge is 0.463 e. The molecule has 0 aliphatic carbocycles. The lowest BCUT2D eigenvalue weighted by atomic mass is 10.0. The molecule has 4 heteroatoms. The first-order valence-corrected chi connectivity index (χ1v) is 6.67. The molecule has 0 bridgehead atoms. The summed E-state index contributed by atoms with van der Waals surface area (Å²) in [6.07, 6.45) is 0. The zero-order valence-corrected chi connectivity index (χ0v) is 12.2. The van der Waals surface area contributed by atoms with Gasteiger partial charge in [-0.25, -0.2) is 4.79 Å². The Bertz CT molecular complexity index is 299. The molecule has 0 aromatic heterocycles. The van der Waals surface area contributed by atoms with Gasteiger partial charge < -0.3 is 4.74 Å². The second-order valence-corrected chi connectivity index (χ2v) is 5.76. The van der Waals surface area contributed by atoms with Gasteiger partial charge in [0.2, 0.25) is 0 Å². The van der Waals surface area contributed by atoms with Gasteiger partial charge in [-0.15, -0.1) is 0 Å². The van der Waals surface area contributed by atoms with E-state index in [9.17, 15) is 4.79 Å². The molecule has 104 valence electrons. The average Bonchev–Trinajstić information content (AvgIpc) is 2.28. The van der Waals surface area contributed by atoms with E-state index in [1.165, 1.54) is 0 Å². The molecule has 1 rings (SSSR count). The predicted molar refractivity (Wildman–Crippen MR) is 73.5 cm³/mol. The Balaban J connectivity index is 2.36. The molecule has 1 heterocycles. The summed E-state index contributed by atoms with van der Waals surface area (Å²) in [7, 11) is 0. The van der Waals surface area contributed by atoms with E-state index in [1.54, 1.807) is 0 Å². The molecule has 1 aliphatic rings. The van der Waals surface area contributed by atoms with Crippen molar-refractivity contribution < 1.29 is 9.53 Å². The van der Waals surface area contributed by atoms with E-state index >= 15 is 0 Å². The van der Waals surface area contributed by atoms with Crippen molar-refractivity contribution in [3.63, 3.8) is 0 Å². The average molecular weight is 254 g/mol. The second-order valence-electron chi connectivity index (χ2n) is 5.76. The van der Waals surface area contributed by atoms with E-state index in [4.69, 9.17) is 4.74 Å². The first-order chi connectivity index (χ1) is 8.34. The second kappa shape index (κ2) is 6.34. The summed E-state index contributed by atoms with van der Waals surface area (Å²) < 4.78 is 4.95. The number of carbonyl (C=O) groups excluding carboxylic acids is 1. The summed E-state index contributed by atoms with van der Waals surface area (Å²) in [5, 5.41) is 0. The van der Waals surface area contributed by atoms with Crippen LogP contribution < -0.4 is 0 Å². The molecule has 0 aromatic rings. The summed E-state index contributed by atoms with van der Waals surface area (Å²) in [4.78, 5) is 16.2. The Labute approximate surface area is 111 Å². The zero-order valence-electron chi connectivity index (χ0n) is 12.2. The highest BCUT2D eigenvalue weighted by atomic mass is 16.5. The van der Waals surface area contributed by atoms with Gasteiger partial charge in [-0.2, -0.15) is 0 Å². The van der Waals surface area contributed by atoms with Crippen LogP contribution in [0.4, 0.5) is 0 Å². The normalized spacial score (nSPS) is 18.7. The Hall–Kier alpha value is -0.870. The molecule has 1 fully saturated rings. The topological polar surface area (TPSA) is 32.8 Å². The summed E-state index contributed by atoms with van der Waals surface area (Å²) in [6.45, 7) is 17.4. The van der Waals surface area contributed by atoms with E-state index in [2.05, 4.69) is 37.1 Å². The molecular formula is C14H26N2O2. The van der Waals surface area contributed by atoms with Crippen LogP contribution in [0.25, 0.3) is 0 Å². The third kappa shape index (κ3) is 4.42. The standard InChI is InChI=1S/C14H26N2O2/c1-6-18-13(17)12(2)11-15-7-9-16(10-8-15)14(3,4)5/h2,6-11H2,1,3-5H3. The molecule has 1 saturated heterocycles. The maximum Gasteiger partial charge on any atom is 0.334 e. The van der Waals surface area contributed by atoms with Crippen molar-refractivity contribution in [1.29, 1.82) is 0 Å². The highest BCUT2D eigenvalue weighted by molar-refractivity contribution is 5.88. The molecule has 0 amide bonds. The van der Waals surface area contributed by atoms with Gasteiger partial charge in [0.05, 0.1) is 6.61 Å². The quantitative estimate of drug-likeness (QED) is 0.562. The summed E-state index contributed by atoms with van der Waals surface area (Å²) in [6, 6.07) is 0. The van der Waals surface area contributed by atoms with Crippen LogP contribution in [0, 0.1) is 0 Å². The number of ether oxygens (including phenoxy) is 1. The molecule has 0 N–H and O–H groups in total. The summed E-state index contributed by atoms with van der Waals surface area (Å²) in [5.74, 6) is -0.268. The molecule has 0 atom stereocenters. The number of esters is 1. The van der Waals surface area contributed by atoms with E-state index in [0.717, 1.165) is 26.2 Å². The monoisotopic (exact) mass is 254 g/mol. The van der Waals surface area contributed by atoms with E-state index in [1.807, 2.05) is 6.92 Å². The van der Waals surface area contributed by atoms with Gasteiger partial charge >= 0.3 is 5.97 Å². The highest BCUT2D eigenvalue weighted by Gasteiger charge is 2.26. The van der Waals surface area contributed by atoms with Gasteiger partial charge in [-0.1, -0.05) is 6.58 Å². The Morgan fingerprint density at radius 2 is 1.78 bits per heavy atom. The van der Waals surface area contributed by atoms with Crippen molar-refractivity contribution in [2.45, 2.75) is 33.2 Å². The van der Waals surface area contributed by atoms with Crippen molar-refractivity contribution in [3.05, 3.63) is 12.2 Å². The molecule has 0 saturated carbocycles. The van der Waals surface area contributed by atoms with E-state index in [-0.39, 0.29) is 11.5 Å². The number of carbonyl (C=O) groups is 1. The van der Waals surface area contributed by atoms with Crippen LogP contribution in [0.1, 0.15) is 27.7 Å². The zero-order chi connectivity index (χ0) is 13.8. The molecule has 0 spiro atoms. The van der Waals surface area contributed by atoms with Crippen LogP contribution in [0.2, 0.25) is 0 Å². The van der Waals surface area contributed by atoms with Crippen LogP contribution in [0.3, 0.4) is 0 Å². The van der Waals surface area contributed by atoms with Crippen molar-refractivity contribution in [2.24, 2.45) is 0 Å². The van der Waals surface area contributed by atoms with Gasteiger partial charge in [0.25, 0.3) is 0 Å². The van der Waals surface area contributed by atoms with E-state index < -0.39 is 0 Å². The number of piperazine rings is 1. The van der Waals surface area contributed by atoms with Gasteiger partial charge in [0, 0.05) is 43.8 Å². The lowest BCUT2D eigenvalue weighted by molar-refractivity contribution is -0.138. The number of rotatable bonds is 4.